The van der Waals surface area contributed by atoms with Crippen LogP contribution in [0.2, 0.25) is 0 Å². The van der Waals surface area contributed by atoms with E-state index in [1.54, 1.807) is 0 Å². The number of likely N-dealkylation sites (tertiary alicyclic amines) is 1. The molecule has 0 aromatic heterocycles. The number of hydrogen-bond acceptors (Lipinski definition) is 4. The Morgan fingerprint density at radius 2 is 1.91 bits per heavy atom. The van der Waals surface area contributed by atoms with E-state index in [0.29, 0.717) is 19.1 Å². The summed E-state index contributed by atoms with van der Waals surface area (Å²) < 4.78 is 91.5. The molecule has 11 heteroatoms. The first-order valence-electron chi connectivity index (χ1n) is 10.2. The molecular formula is C22H21F5N2O3S. The fourth-order valence-electron chi connectivity index (χ4n) is 4.23. The summed E-state index contributed by atoms with van der Waals surface area (Å²) >= 11 is -1.83. The first-order valence-corrected chi connectivity index (χ1v) is 11.8. The normalized spacial score (nSPS) is 25.1. The first kappa shape index (κ1) is 23.9. The Labute approximate surface area is 190 Å². The van der Waals surface area contributed by atoms with Crippen molar-refractivity contribution in [1.82, 2.24) is 9.62 Å². The molecule has 0 saturated carbocycles. The Balaban J connectivity index is 1.70. The maximum Gasteiger partial charge on any atom is 0.286 e. The molecule has 1 unspecified atom stereocenters. The maximum atomic E-state index is 15.4. The van der Waals surface area contributed by atoms with Crippen molar-refractivity contribution in [3.63, 3.8) is 0 Å². The van der Waals surface area contributed by atoms with Crippen LogP contribution in [0, 0.1) is 17.5 Å². The average molecular weight is 488 g/mol. The zero-order valence-corrected chi connectivity index (χ0v) is 18.3. The number of carbonyl (C=O) groups excluding carboxylic acids is 1. The molecule has 2 heterocycles. The van der Waals surface area contributed by atoms with Gasteiger partial charge in [-0.2, -0.15) is 0 Å². The number of amides is 1. The SMILES string of the molecule is C[S+]([O-])N[C@@H]1[C@H](Cc2cccc(-c3cc(F)cc(F)c3)c2F)N(C(=O)[C@@H]2CCO2)CC1(F)F. The topological polar surface area (TPSA) is 64.6 Å². The summed E-state index contributed by atoms with van der Waals surface area (Å²) in [5, 5.41) is 0. The fraction of sp³-hybridized carbons (Fsp3) is 0.409. The zero-order valence-electron chi connectivity index (χ0n) is 17.5. The van der Waals surface area contributed by atoms with Gasteiger partial charge in [0.1, 0.15) is 35.9 Å². The van der Waals surface area contributed by atoms with Gasteiger partial charge in [-0.15, -0.1) is 4.72 Å². The number of ether oxygens (including phenoxy) is 1. The van der Waals surface area contributed by atoms with Gasteiger partial charge in [0.25, 0.3) is 11.8 Å². The van der Waals surface area contributed by atoms with Crippen molar-refractivity contribution in [2.24, 2.45) is 0 Å². The van der Waals surface area contributed by atoms with Crippen LogP contribution in [0.1, 0.15) is 12.0 Å². The molecule has 1 N–H and O–H groups in total. The number of nitrogens with zero attached hydrogens (tertiary/aromatic N) is 1. The lowest BCUT2D eigenvalue weighted by Gasteiger charge is -2.33. The summed E-state index contributed by atoms with van der Waals surface area (Å²) in [5.74, 6) is -6.69. The molecule has 33 heavy (non-hydrogen) atoms. The fourth-order valence-corrected chi connectivity index (χ4v) is 4.91. The van der Waals surface area contributed by atoms with Gasteiger partial charge in [0, 0.05) is 29.4 Å². The van der Waals surface area contributed by atoms with Crippen LogP contribution in [0.3, 0.4) is 0 Å². The first-order chi connectivity index (χ1) is 15.6. The van der Waals surface area contributed by atoms with Gasteiger partial charge in [0.05, 0.1) is 19.2 Å². The van der Waals surface area contributed by atoms with E-state index >= 15 is 4.39 Å². The number of nitrogens with one attached hydrogen (secondary N) is 1. The lowest BCUT2D eigenvalue weighted by Crippen LogP contribution is -2.54. The van der Waals surface area contributed by atoms with Crippen molar-refractivity contribution in [2.75, 3.05) is 19.4 Å². The highest BCUT2D eigenvalue weighted by Crippen LogP contribution is 2.37. The van der Waals surface area contributed by atoms with E-state index in [4.69, 9.17) is 4.74 Å². The number of alkyl halides is 2. The third-order valence-corrected chi connectivity index (χ3v) is 6.44. The molecule has 1 amide bonds. The van der Waals surface area contributed by atoms with Crippen molar-refractivity contribution in [2.45, 2.75) is 37.0 Å². The van der Waals surface area contributed by atoms with E-state index in [2.05, 4.69) is 4.72 Å². The molecule has 2 aromatic carbocycles. The van der Waals surface area contributed by atoms with Gasteiger partial charge in [-0.1, -0.05) is 18.2 Å². The Kier molecular flexibility index (Phi) is 6.68. The van der Waals surface area contributed by atoms with Crippen molar-refractivity contribution in [3.8, 4) is 11.1 Å². The van der Waals surface area contributed by atoms with Crippen LogP contribution in [-0.2, 0) is 27.3 Å². The third kappa shape index (κ3) is 4.86. The molecular weight excluding hydrogens is 467 g/mol. The van der Waals surface area contributed by atoms with Crippen LogP contribution < -0.4 is 4.72 Å². The molecule has 0 radical (unpaired) electrons. The maximum absolute atomic E-state index is 15.4. The van der Waals surface area contributed by atoms with Gasteiger partial charge >= 0.3 is 0 Å². The van der Waals surface area contributed by atoms with Gasteiger partial charge in [0.2, 0.25) is 0 Å². The second kappa shape index (κ2) is 9.21. The van der Waals surface area contributed by atoms with E-state index in [0.717, 1.165) is 17.0 Å². The van der Waals surface area contributed by atoms with Crippen molar-refractivity contribution in [3.05, 3.63) is 59.4 Å². The molecule has 0 spiro atoms. The Bertz CT molecular complexity index is 1030. The predicted molar refractivity (Wildman–Crippen MR) is 111 cm³/mol. The van der Waals surface area contributed by atoms with E-state index in [-0.39, 0.29) is 23.1 Å². The summed E-state index contributed by atoms with van der Waals surface area (Å²) in [6.07, 6.45) is 0.397. The van der Waals surface area contributed by atoms with Crippen LogP contribution in [0.25, 0.3) is 11.1 Å². The Morgan fingerprint density at radius 3 is 2.48 bits per heavy atom. The minimum atomic E-state index is -3.42. The third-order valence-electron chi connectivity index (χ3n) is 5.85. The smallest absolute Gasteiger partial charge is 0.286 e. The minimum Gasteiger partial charge on any atom is -0.598 e. The molecule has 5 nitrogen and oxygen atoms in total. The van der Waals surface area contributed by atoms with E-state index < -0.39 is 65.4 Å². The summed E-state index contributed by atoms with van der Waals surface area (Å²) in [6.45, 7) is -0.589. The second-order valence-corrected chi connectivity index (χ2v) is 9.28. The van der Waals surface area contributed by atoms with Crippen LogP contribution >= 0.6 is 0 Å². The largest absolute Gasteiger partial charge is 0.598 e. The summed E-state index contributed by atoms with van der Waals surface area (Å²) in [6, 6.07) is 3.76. The monoisotopic (exact) mass is 488 g/mol. The van der Waals surface area contributed by atoms with E-state index in [1.165, 1.54) is 24.5 Å². The number of halogens is 5. The number of hydrogen-bond donors (Lipinski definition) is 1. The molecule has 0 aliphatic carbocycles. The van der Waals surface area contributed by atoms with Crippen LogP contribution in [0.5, 0.6) is 0 Å². The second-order valence-electron chi connectivity index (χ2n) is 8.13. The highest BCUT2D eigenvalue weighted by molar-refractivity contribution is 7.88. The summed E-state index contributed by atoms with van der Waals surface area (Å²) in [5.41, 5.74) is -0.191. The molecule has 2 aromatic rings. The molecule has 2 fully saturated rings. The van der Waals surface area contributed by atoms with Crippen LogP contribution in [0.15, 0.2) is 36.4 Å². The molecule has 178 valence electrons. The van der Waals surface area contributed by atoms with Crippen LogP contribution in [0.4, 0.5) is 22.0 Å². The van der Waals surface area contributed by atoms with E-state index in [1.807, 2.05) is 0 Å². The van der Waals surface area contributed by atoms with Crippen molar-refractivity contribution < 1.29 is 36.0 Å². The Hall–Kier alpha value is -2.21. The zero-order chi connectivity index (χ0) is 23.9. The lowest BCUT2D eigenvalue weighted by molar-refractivity contribution is -0.158. The number of benzene rings is 2. The summed E-state index contributed by atoms with van der Waals surface area (Å²) in [7, 11) is 0. The average Bonchev–Trinajstić information content (AvgIpc) is 2.91. The van der Waals surface area contributed by atoms with Crippen molar-refractivity contribution in [1.29, 1.82) is 0 Å². The summed E-state index contributed by atoms with van der Waals surface area (Å²) in [4.78, 5) is 13.7. The molecule has 2 aliphatic heterocycles. The van der Waals surface area contributed by atoms with Gasteiger partial charge in [0.15, 0.2) is 0 Å². The predicted octanol–water partition coefficient (Wildman–Crippen LogP) is 3.20. The highest BCUT2D eigenvalue weighted by atomic mass is 32.2. The van der Waals surface area contributed by atoms with Crippen molar-refractivity contribution >= 4 is 17.3 Å². The number of carbonyl (C=O) groups is 1. The quantitative estimate of drug-likeness (QED) is 0.501. The molecule has 4 rings (SSSR count). The number of rotatable bonds is 6. The van der Waals surface area contributed by atoms with Gasteiger partial charge in [-0.05, 0) is 29.7 Å². The molecule has 2 saturated heterocycles. The lowest BCUT2D eigenvalue weighted by atomic mass is 9.95. The standard InChI is InChI=1S/C22H21F5N2O3S/c1-33(31)28-20-17(29(11-22(20,26)27)21(30)18-5-6-32-18)9-12-3-2-4-16(19(12)25)13-7-14(23)10-15(24)8-13/h2-4,7-8,10,17-18,20,28H,5-6,9,11H2,1H3/t17-,18-,20+,33?/m0/s1. The van der Waals surface area contributed by atoms with Gasteiger partial charge in [-0.25, -0.2) is 22.0 Å². The van der Waals surface area contributed by atoms with Gasteiger partial charge < -0.3 is 14.2 Å². The minimum absolute atomic E-state index is 0.0270. The van der Waals surface area contributed by atoms with Crippen LogP contribution in [-0.4, -0.2) is 58.9 Å². The Morgan fingerprint density at radius 1 is 1.24 bits per heavy atom. The van der Waals surface area contributed by atoms with E-state index in [9.17, 15) is 26.9 Å². The highest BCUT2D eigenvalue weighted by Gasteiger charge is 2.58. The molecule has 2 aliphatic rings. The van der Waals surface area contributed by atoms with Gasteiger partial charge in [-0.3, -0.25) is 4.79 Å². The molecule has 4 atom stereocenters. The molecule has 0 bridgehead atoms.